The number of rotatable bonds is 2. The van der Waals surface area contributed by atoms with Gasteiger partial charge in [0.05, 0.1) is 0 Å². The predicted molar refractivity (Wildman–Crippen MR) is 68.1 cm³/mol. The molecule has 96 valence electrons. The fraction of sp³-hybridized carbons (Fsp3) is 0.545. The van der Waals surface area contributed by atoms with Gasteiger partial charge in [-0.05, 0) is 6.42 Å². The van der Waals surface area contributed by atoms with Gasteiger partial charge in [0.2, 0.25) is 5.95 Å². The maximum atomic E-state index is 11.9. The number of hydrogen-bond donors (Lipinski definition) is 2. The molecule has 2 N–H and O–H groups in total. The standard InChI is InChI=1S/C11H16N6O/c1-2-8-7-9(18)17-10(13-8)14-11(15-17)16-5-3-12-4-6-16/h7,12H,2-6H2,1H3,(H,13,14,15). The lowest BCUT2D eigenvalue weighted by Gasteiger charge is -2.26. The van der Waals surface area contributed by atoms with Crippen molar-refractivity contribution in [3.63, 3.8) is 0 Å². The average Bonchev–Trinajstić information content (AvgIpc) is 2.84. The molecule has 1 aliphatic rings. The van der Waals surface area contributed by atoms with E-state index in [-0.39, 0.29) is 5.56 Å². The number of hydrogen-bond acceptors (Lipinski definition) is 5. The highest BCUT2D eigenvalue weighted by Gasteiger charge is 2.15. The van der Waals surface area contributed by atoms with Crippen LogP contribution in [0.3, 0.4) is 0 Å². The zero-order chi connectivity index (χ0) is 12.5. The van der Waals surface area contributed by atoms with Gasteiger partial charge in [0.15, 0.2) is 0 Å². The lowest BCUT2D eigenvalue weighted by Crippen LogP contribution is -2.44. The number of nitrogens with zero attached hydrogens (tertiary/aromatic N) is 4. The van der Waals surface area contributed by atoms with Crippen molar-refractivity contribution in [1.29, 1.82) is 0 Å². The van der Waals surface area contributed by atoms with Crippen LogP contribution in [0.25, 0.3) is 5.78 Å². The van der Waals surface area contributed by atoms with E-state index < -0.39 is 0 Å². The van der Waals surface area contributed by atoms with Gasteiger partial charge >= 0.3 is 0 Å². The molecule has 7 heteroatoms. The van der Waals surface area contributed by atoms with Crippen LogP contribution in [0.5, 0.6) is 0 Å². The van der Waals surface area contributed by atoms with E-state index in [1.807, 2.05) is 6.92 Å². The van der Waals surface area contributed by atoms with Crippen molar-refractivity contribution in [2.75, 3.05) is 31.1 Å². The Kier molecular flexibility index (Phi) is 2.75. The summed E-state index contributed by atoms with van der Waals surface area (Å²) in [5.41, 5.74) is 0.670. The van der Waals surface area contributed by atoms with E-state index in [1.54, 1.807) is 6.07 Å². The maximum Gasteiger partial charge on any atom is 0.274 e. The van der Waals surface area contributed by atoms with Crippen LogP contribution in [0.15, 0.2) is 10.9 Å². The Bertz CT molecular complexity index is 610. The SMILES string of the molecule is CCc1cc(=O)n2[nH]c(N3CCNCC3)nc2n1. The van der Waals surface area contributed by atoms with E-state index in [0.29, 0.717) is 11.7 Å². The molecule has 1 fully saturated rings. The molecule has 0 saturated carbocycles. The van der Waals surface area contributed by atoms with Crippen LogP contribution < -0.4 is 15.8 Å². The molecule has 3 rings (SSSR count). The van der Waals surface area contributed by atoms with Gasteiger partial charge in [0.25, 0.3) is 11.3 Å². The molecule has 0 aromatic carbocycles. The lowest BCUT2D eigenvalue weighted by molar-refractivity contribution is 0.579. The highest BCUT2D eigenvalue weighted by molar-refractivity contribution is 5.39. The molecule has 0 unspecified atom stereocenters. The number of anilines is 1. The molecule has 0 aliphatic carbocycles. The zero-order valence-electron chi connectivity index (χ0n) is 10.3. The summed E-state index contributed by atoms with van der Waals surface area (Å²) in [6.07, 6.45) is 0.738. The zero-order valence-corrected chi connectivity index (χ0v) is 10.3. The highest BCUT2D eigenvalue weighted by Crippen LogP contribution is 2.09. The van der Waals surface area contributed by atoms with Gasteiger partial charge in [-0.3, -0.25) is 9.89 Å². The molecule has 7 nitrogen and oxygen atoms in total. The quantitative estimate of drug-likeness (QED) is 0.741. The first-order chi connectivity index (χ1) is 8.78. The Morgan fingerprint density at radius 3 is 2.83 bits per heavy atom. The number of H-pyrrole nitrogens is 1. The molecule has 0 bridgehead atoms. The summed E-state index contributed by atoms with van der Waals surface area (Å²) in [7, 11) is 0. The number of aryl methyl sites for hydroxylation is 1. The third-order valence-electron chi connectivity index (χ3n) is 3.15. The molecule has 0 spiro atoms. The van der Waals surface area contributed by atoms with E-state index in [2.05, 4.69) is 25.3 Å². The predicted octanol–water partition coefficient (Wildman–Crippen LogP) is -0.610. The Morgan fingerprint density at radius 2 is 2.11 bits per heavy atom. The van der Waals surface area contributed by atoms with Gasteiger partial charge in [0.1, 0.15) is 0 Å². The first kappa shape index (κ1) is 11.2. The molecule has 1 saturated heterocycles. The lowest BCUT2D eigenvalue weighted by atomic mass is 10.3. The second-order valence-corrected chi connectivity index (χ2v) is 4.36. The van der Waals surface area contributed by atoms with Gasteiger partial charge in [-0.25, -0.2) is 4.98 Å². The second-order valence-electron chi connectivity index (χ2n) is 4.36. The molecule has 2 aromatic rings. The van der Waals surface area contributed by atoms with E-state index in [0.717, 1.165) is 38.3 Å². The molecule has 0 radical (unpaired) electrons. The first-order valence-corrected chi connectivity index (χ1v) is 6.22. The van der Waals surface area contributed by atoms with Gasteiger partial charge in [-0.15, -0.1) is 0 Å². The topological polar surface area (TPSA) is 78.3 Å². The highest BCUT2D eigenvalue weighted by atomic mass is 16.1. The molecule has 0 atom stereocenters. The number of nitrogens with one attached hydrogen (secondary N) is 2. The molecular weight excluding hydrogens is 232 g/mol. The number of fused-ring (bicyclic) bond motifs is 1. The van der Waals surface area contributed by atoms with Crippen LogP contribution in [-0.4, -0.2) is 45.8 Å². The Labute approximate surface area is 104 Å². The van der Waals surface area contributed by atoms with E-state index in [9.17, 15) is 4.79 Å². The third kappa shape index (κ3) is 1.86. The van der Waals surface area contributed by atoms with Crippen molar-refractivity contribution in [2.45, 2.75) is 13.3 Å². The van der Waals surface area contributed by atoms with E-state index in [1.165, 1.54) is 4.52 Å². The molecule has 3 heterocycles. The summed E-state index contributed by atoms with van der Waals surface area (Å²) >= 11 is 0. The summed E-state index contributed by atoms with van der Waals surface area (Å²) in [4.78, 5) is 22.7. The van der Waals surface area contributed by atoms with Crippen molar-refractivity contribution in [2.24, 2.45) is 0 Å². The molecule has 2 aromatic heterocycles. The smallest absolute Gasteiger partial charge is 0.274 e. The summed E-state index contributed by atoms with van der Waals surface area (Å²) in [6.45, 7) is 5.60. The average molecular weight is 248 g/mol. The normalized spacial score (nSPS) is 16.4. The Hall–Kier alpha value is -1.89. The van der Waals surface area contributed by atoms with Crippen molar-refractivity contribution < 1.29 is 0 Å². The monoisotopic (exact) mass is 248 g/mol. The van der Waals surface area contributed by atoms with Crippen molar-refractivity contribution >= 4 is 11.7 Å². The number of aromatic amines is 1. The van der Waals surface area contributed by atoms with Gasteiger partial charge in [-0.1, -0.05) is 6.92 Å². The van der Waals surface area contributed by atoms with Gasteiger partial charge < -0.3 is 10.2 Å². The van der Waals surface area contributed by atoms with E-state index in [4.69, 9.17) is 0 Å². The van der Waals surface area contributed by atoms with Crippen molar-refractivity contribution in [1.82, 2.24) is 24.9 Å². The minimum Gasteiger partial charge on any atom is -0.339 e. The van der Waals surface area contributed by atoms with Crippen molar-refractivity contribution in [3.05, 3.63) is 22.1 Å². The summed E-state index contributed by atoms with van der Waals surface area (Å²) in [5, 5.41) is 6.29. The van der Waals surface area contributed by atoms with E-state index >= 15 is 0 Å². The van der Waals surface area contributed by atoms with Gasteiger partial charge in [-0.2, -0.15) is 9.50 Å². The maximum absolute atomic E-state index is 11.9. The third-order valence-corrected chi connectivity index (χ3v) is 3.15. The van der Waals surface area contributed by atoms with Crippen LogP contribution in [-0.2, 0) is 6.42 Å². The number of piperazine rings is 1. The molecular formula is C11H16N6O. The van der Waals surface area contributed by atoms with Crippen molar-refractivity contribution in [3.8, 4) is 0 Å². The van der Waals surface area contributed by atoms with Crippen LogP contribution in [0, 0.1) is 0 Å². The van der Waals surface area contributed by atoms with Crippen LogP contribution in [0.1, 0.15) is 12.6 Å². The first-order valence-electron chi connectivity index (χ1n) is 6.22. The summed E-state index contributed by atoms with van der Waals surface area (Å²) in [5.74, 6) is 1.17. The fourth-order valence-electron chi connectivity index (χ4n) is 2.12. The summed E-state index contributed by atoms with van der Waals surface area (Å²) in [6, 6.07) is 1.55. The Morgan fingerprint density at radius 1 is 1.33 bits per heavy atom. The minimum atomic E-state index is -0.106. The van der Waals surface area contributed by atoms with Crippen LogP contribution in [0.4, 0.5) is 5.95 Å². The van der Waals surface area contributed by atoms with Gasteiger partial charge in [0, 0.05) is 37.9 Å². The number of aromatic nitrogens is 4. The molecule has 0 amide bonds. The Balaban J connectivity index is 2.04. The fourth-order valence-corrected chi connectivity index (χ4v) is 2.12. The second kappa shape index (κ2) is 4.41. The largest absolute Gasteiger partial charge is 0.339 e. The molecule has 18 heavy (non-hydrogen) atoms. The van der Waals surface area contributed by atoms with Crippen LogP contribution in [0.2, 0.25) is 0 Å². The van der Waals surface area contributed by atoms with Crippen LogP contribution >= 0.6 is 0 Å². The summed E-state index contributed by atoms with van der Waals surface area (Å²) < 4.78 is 1.40. The minimum absolute atomic E-state index is 0.106. The molecule has 1 aliphatic heterocycles.